The van der Waals surface area contributed by atoms with E-state index in [4.69, 9.17) is 4.74 Å². The van der Waals surface area contributed by atoms with Crippen molar-refractivity contribution in [2.45, 2.75) is 33.1 Å². The van der Waals surface area contributed by atoms with Crippen molar-refractivity contribution in [1.82, 2.24) is 4.72 Å². The zero-order valence-corrected chi connectivity index (χ0v) is 12.7. The zero-order chi connectivity index (χ0) is 14.3. The number of hydrogen-bond donors (Lipinski definition) is 1. The van der Waals surface area contributed by atoms with Gasteiger partial charge in [-0.25, -0.2) is 13.1 Å². The van der Waals surface area contributed by atoms with E-state index in [9.17, 15) is 8.42 Å². The molecular weight excluding hydrogens is 262 g/mol. The molecule has 5 heteroatoms. The molecule has 0 aliphatic carbocycles. The molecule has 0 atom stereocenters. The Kier molecular flexibility index (Phi) is 6.31. The molecule has 0 saturated carbocycles. The molecule has 1 N–H and O–H groups in total. The zero-order valence-electron chi connectivity index (χ0n) is 11.8. The Morgan fingerprint density at radius 3 is 2.37 bits per heavy atom. The Morgan fingerprint density at radius 2 is 1.84 bits per heavy atom. The molecule has 0 aromatic heterocycles. The van der Waals surface area contributed by atoms with Crippen molar-refractivity contribution in [3.8, 4) is 5.75 Å². The SMILES string of the molecule is CCCS(=O)(=O)NCCOc1ccc(C(C)C)cc1. The second kappa shape index (κ2) is 7.50. The third-order valence-electron chi connectivity index (χ3n) is 2.71. The van der Waals surface area contributed by atoms with Crippen LogP contribution in [0.25, 0.3) is 0 Å². The van der Waals surface area contributed by atoms with Crippen LogP contribution in [0, 0.1) is 0 Å². The Morgan fingerprint density at radius 1 is 1.21 bits per heavy atom. The van der Waals surface area contributed by atoms with Crippen molar-refractivity contribution in [3.63, 3.8) is 0 Å². The maximum absolute atomic E-state index is 11.4. The fourth-order valence-corrected chi connectivity index (χ4v) is 2.73. The minimum absolute atomic E-state index is 0.163. The van der Waals surface area contributed by atoms with E-state index in [0.717, 1.165) is 5.75 Å². The normalized spacial score (nSPS) is 11.8. The lowest BCUT2D eigenvalue weighted by atomic mass is 10.0. The van der Waals surface area contributed by atoms with Crippen LogP contribution in [0.5, 0.6) is 5.75 Å². The maximum Gasteiger partial charge on any atom is 0.211 e. The largest absolute Gasteiger partial charge is 0.492 e. The molecule has 108 valence electrons. The van der Waals surface area contributed by atoms with E-state index in [1.54, 1.807) is 0 Å². The third-order valence-corrected chi connectivity index (χ3v) is 4.30. The van der Waals surface area contributed by atoms with E-state index in [1.807, 2.05) is 31.2 Å². The summed E-state index contributed by atoms with van der Waals surface area (Å²) in [7, 11) is -3.13. The average Bonchev–Trinajstić information content (AvgIpc) is 2.35. The van der Waals surface area contributed by atoms with Gasteiger partial charge in [0.05, 0.1) is 5.75 Å². The van der Waals surface area contributed by atoms with Gasteiger partial charge >= 0.3 is 0 Å². The first-order valence-corrected chi connectivity index (χ1v) is 8.30. The van der Waals surface area contributed by atoms with Gasteiger partial charge in [-0.1, -0.05) is 32.9 Å². The van der Waals surface area contributed by atoms with Crippen molar-refractivity contribution in [1.29, 1.82) is 0 Å². The second-order valence-corrected chi connectivity index (χ2v) is 6.71. The summed E-state index contributed by atoms with van der Waals surface area (Å²) in [6.45, 7) is 6.75. The number of rotatable bonds is 8. The van der Waals surface area contributed by atoms with Gasteiger partial charge < -0.3 is 4.74 Å². The van der Waals surface area contributed by atoms with E-state index in [0.29, 0.717) is 25.5 Å². The highest BCUT2D eigenvalue weighted by atomic mass is 32.2. The van der Waals surface area contributed by atoms with Crippen LogP contribution in [-0.4, -0.2) is 27.3 Å². The molecule has 4 nitrogen and oxygen atoms in total. The number of ether oxygens (including phenoxy) is 1. The molecule has 0 spiro atoms. The van der Waals surface area contributed by atoms with Gasteiger partial charge in [-0.2, -0.15) is 0 Å². The quantitative estimate of drug-likeness (QED) is 0.747. The van der Waals surface area contributed by atoms with Crippen LogP contribution >= 0.6 is 0 Å². The van der Waals surface area contributed by atoms with E-state index in [1.165, 1.54) is 5.56 Å². The fraction of sp³-hybridized carbons (Fsp3) is 0.571. The minimum atomic E-state index is -3.13. The van der Waals surface area contributed by atoms with E-state index in [2.05, 4.69) is 18.6 Å². The molecule has 0 fully saturated rings. The summed E-state index contributed by atoms with van der Waals surface area (Å²) < 4.78 is 30.8. The minimum Gasteiger partial charge on any atom is -0.492 e. The van der Waals surface area contributed by atoms with Gasteiger partial charge in [-0.3, -0.25) is 0 Å². The van der Waals surface area contributed by atoms with Gasteiger partial charge in [0, 0.05) is 6.54 Å². The molecule has 0 heterocycles. The molecule has 19 heavy (non-hydrogen) atoms. The second-order valence-electron chi connectivity index (χ2n) is 4.79. The molecule has 0 aliphatic heterocycles. The van der Waals surface area contributed by atoms with Gasteiger partial charge in [-0.15, -0.1) is 0 Å². The van der Waals surface area contributed by atoms with Crippen LogP contribution in [0.2, 0.25) is 0 Å². The van der Waals surface area contributed by atoms with Gasteiger partial charge in [0.15, 0.2) is 0 Å². The van der Waals surface area contributed by atoms with Crippen molar-refractivity contribution in [2.75, 3.05) is 18.9 Å². The van der Waals surface area contributed by atoms with Crippen LogP contribution < -0.4 is 9.46 Å². The Bertz CT molecular complexity index is 466. The number of sulfonamides is 1. The predicted octanol–water partition coefficient (Wildman–Crippen LogP) is 2.52. The highest BCUT2D eigenvalue weighted by Gasteiger charge is 2.07. The van der Waals surface area contributed by atoms with Crippen LogP contribution in [-0.2, 0) is 10.0 Å². The fourth-order valence-electron chi connectivity index (χ4n) is 1.66. The van der Waals surface area contributed by atoms with E-state index >= 15 is 0 Å². The first kappa shape index (κ1) is 16.0. The van der Waals surface area contributed by atoms with Crippen molar-refractivity contribution in [3.05, 3.63) is 29.8 Å². The topological polar surface area (TPSA) is 55.4 Å². The van der Waals surface area contributed by atoms with Gasteiger partial charge in [0.2, 0.25) is 10.0 Å². The predicted molar refractivity (Wildman–Crippen MR) is 78.1 cm³/mol. The standard InChI is InChI=1S/C14H23NO3S/c1-4-11-19(16,17)15-9-10-18-14-7-5-13(6-8-14)12(2)3/h5-8,12,15H,4,9-11H2,1-3H3. The summed E-state index contributed by atoms with van der Waals surface area (Å²) in [6.07, 6.45) is 0.618. The van der Waals surface area contributed by atoms with Crippen LogP contribution in [0.15, 0.2) is 24.3 Å². The van der Waals surface area contributed by atoms with Crippen molar-refractivity contribution >= 4 is 10.0 Å². The molecule has 0 saturated heterocycles. The first-order chi connectivity index (χ1) is 8.94. The third kappa shape index (κ3) is 6.07. The summed E-state index contributed by atoms with van der Waals surface area (Å²) >= 11 is 0. The van der Waals surface area contributed by atoms with E-state index in [-0.39, 0.29) is 5.75 Å². The number of benzene rings is 1. The summed E-state index contributed by atoms with van der Waals surface area (Å²) in [5, 5.41) is 0. The van der Waals surface area contributed by atoms with Gasteiger partial charge in [0.25, 0.3) is 0 Å². The lowest BCUT2D eigenvalue weighted by molar-refractivity contribution is 0.322. The molecule has 0 aliphatic rings. The Hall–Kier alpha value is -1.07. The maximum atomic E-state index is 11.4. The van der Waals surface area contributed by atoms with Gasteiger partial charge in [0.1, 0.15) is 12.4 Å². The summed E-state index contributed by atoms with van der Waals surface area (Å²) in [5.41, 5.74) is 1.26. The lowest BCUT2D eigenvalue weighted by Crippen LogP contribution is -2.30. The van der Waals surface area contributed by atoms with Crippen LogP contribution in [0.4, 0.5) is 0 Å². The van der Waals surface area contributed by atoms with Crippen LogP contribution in [0.1, 0.15) is 38.7 Å². The molecule has 0 amide bonds. The Labute approximate surface area is 116 Å². The highest BCUT2D eigenvalue weighted by molar-refractivity contribution is 7.89. The number of hydrogen-bond acceptors (Lipinski definition) is 3. The van der Waals surface area contributed by atoms with Crippen LogP contribution in [0.3, 0.4) is 0 Å². The van der Waals surface area contributed by atoms with Gasteiger partial charge in [-0.05, 0) is 30.0 Å². The highest BCUT2D eigenvalue weighted by Crippen LogP contribution is 2.18. The number of nitrogens with one attached hydrogen (secondary N) is 1. The molecule has 0 bridgehead atoms. The molecule has 0 radical (unpaired) electrons. The van der Waals surface area contributed by atoms with Crippen molar-refractivity contribution < 1.29 is 13.2 Å². The summed E-state index contributed by atoms with van der Waals surface area (Å²) in [4.78, 5) is 0. The smallest absolute Gasteiger partial charge is 0.211 e. The van der Waals surface area contributed by atoms with Crippen molar-refractivity contribution in [2.24, 2.45) is 0 Å². The Balaban J connectivity index is 2.34. The molecule has 1 aromatic rings. The van der Waals surface area contributed by atoms with E-state index < -0.39 is 10.0 Å². The summed E-state index contributed by atoms with van der Waals surface area (Å²) in [5.74, 6) is 1.42. The lowest BCUT2D eigenvalue weighted by Gasteiger charge is -2.09. The molecule has 0 unspecified atom stereocenters. The monoisotopic (exact) mass is 285 g/mol. The molecule has 1 aromatic carbocycles. The summed E-state index contributed by atoms with van der Waals surface area (Å²) in [6, 6.07) is 7.88. The molecule has 1 rings (SSSR count). The first-order valence-electron chi connectivity index (χ1n) is 6.64. The molecular formula is C14H23NO3S. The average molecular weight is 285 g/mol.